The van der Waals surface area contributed by atoms with Crippen molar-refractivity contribution in [3.63, 3.8) is 0 Å². The Bertz CT molecular complexity index is 569. The van der Waals surface area contributed by atoms with Crippen molar-refractivity contribution in [3.05, 3.63) is 39.9 Å². The van der Waals surface area contributed by atoms with Crippen LogP contribution in [0.5, 0.6) is 5.75 Å². The van der Waals surface area contributed by atoms with Gasteiger partial charge in [-0.25, -0.2) is 0 Å². The molecule has 1 atom stereocenters. The van der Waals surface area contributed by atoms with Gasteiger partial charge in [-0.1, -0.05) is 35.5 Å². The molecule has 1 heterocycles. The van der Waals surface area contributed by atoms with E-state index in [2.05, 4.69) is 22.6 Å². The summed E-state index contributed by atoms with van der Waals surface area (Å²) in [6, 6.07) is 6.00. The highest BCUT2D eigenvalue weighted by Crippen LogP contribution is 2.29. The van der Waals surface area contributed by atoms with E-state index in [1.54, 1.807) is 7.11 Å². The molecule has 4 nitrogen and oxygen atoms in total. The maximum absolute atomic E-state index is 10.5. The molecule has 20 heavy (non-hydrogen) atoms. The number of hydrogen-bond donors (Lipinski definition) is 1. The van der Waals surface area contributed by atoms with Crippen LogP contribution in [0.2, 0.25) is 0 Å². The zero-order valence-corrected chi connectivity index (χ0v) is 12.9. The lowest BCUT2D eigenvalue weighted by Gasteiger charge is -2.13. The second-order valence-corrected chi connectivity index (χ2v) is 5.65. The first-order chi connectivity index (χ1) is 9.65. The number of aliphatic hydroxyl groups excluding tert-OH is 1. The average molecular weight is 292 g/mol. The Morgan fingerprint density at radius 2 is 2.20 bits per heavy atom. The van der Waals surface area contributed by atoms with Gasteiger partial charge in [-0.15, -0.1) is 5.10 Å². The molecule has 0 aliphatic heterocycles. The molecular formula is C15H20N2O2S. The lowest BCUT2D eigenvalue weighted by atomic mass is 10.0. The Morgan fingerprint density at radius 3 is 2.90 bits per heavy atom. The van der Waals surface area contributed by atoms with Crippen molar-refractivity contribution < 1.29 is 9.84 Å². The number of hydrogen-bond acceptors (Lipinski definition) is 5. The summed E-state index contributed by atoms with van der Waals surface area (Å²) in [4.78, 5) is 0.871. The molecule has 0 aliphatic carbocycles. The zero-order chi connectivity index (χ0) is 14.5. The number of benzene rings is 1. The van der Waals surface area contributed by atoms with Gasteiger partial charge in [0.1, 0.15) is 5.75 Å². The molecule has 0 bridgehead atoms. The van der Waals surface area contributed by atoms with Gasteiger partial charge in [0, 0.05) is 6.42 Å². The molecule has 2 rings (SSSR count). The maximum Gasteiger partial charge on any atom is 0.122 e. The lowest BCUT2D eigenvalue weighted by molar-refractivity contribution is 0.179. The van der Waals surface area contributed by atoms with Crippen molar-refractivity contribution in [1.29, 1.82) is 0 Å². The van der Waals surface area contributed by atoms with Gasteiger partial charge in [0.05, 0.1) is 23.8 Å². The first-order valence-electron chi connectivity index (χ1n) is 6.78. The van der Waals surface area contributed by atoms with Crippen molar-refractivity contribution in [3.8, 4) is 5.75 Å². The van der Waals surface area contributed by atoms with Crippen molar-refractivity contribution in [2.75, 3.05) is 7.11 Å². The van der Waals surface area contributed by atoms with Gasteiger partial charge < -0.3 is 9.84 Å². The van der Waals surface area contributed by atoms with E-state index in [1.807, 2.05) is 19.1 Å². The summed E-state index contributed by atoms with van der Waals surface area (Å²) >= 11 is 1.28. The second kappa shape index (κ2) is 6.81. The van der Waals surface area contributed by atoms with Crippen molar-refractivity contribution in [2.45, 2.75) is 39.2 Å². The topological polar surface area (TPSA) is 55.2 Å². The van der Waals surface area contributed by atoms with Gasteiger partial charge in [0.2, 0.25) is 0 Å². The van der Waals surface area contributed by atoms with Gasteiger partial charge in [-0.2, -0.15) is 0 Å². The summed E-state index contributed by atoms with van der Waals surface area (Å²) in [5.74, 6) is 0.809. The largest absolute Gasteiger partial charge is 0.496 e. The number of aliphatic hydroxyl groups is 1. The Labute approximate surface area is 123 Å². The highest BCUT2D eigenvalue weighted by molar-refractivity contribution is 7.05. The van der Waals surface area contributed by atoms with Crippen LogP contribution in [0, 0.1) is 6.92 Å². The fourth-order valence-corrected chi connectivity index (χ4v) is 2.93. The van der Waals surface area contributed by atoms with E-state index in [1.165, 1.54) is 11.5 Å². The van der Waals surface area contributed by atoms with Crippen LogP contribution in [0.4, 0.5) is 0 Å². The molecule has 2 aromatic rings. The Balaban J connectivity index is 2.20. The van der Waals surface area contributed by atoms with Gasteiger partial charge in [-0.3, -0.25) is 0 Å². The third-order valence-corrected chi connectivity index (χ3v) is 4.09. The van der Waals surface area contributed by atoms with Crippen LogP contribution < -0.4 is 4.74 Å². The van der Waals surface area contributed by atoms with Gasteiger partial charge in [0.15, 0.2) is 0 Å². The highest BCUT2D eigenvalue weighted by atomic mass is 32.1. The second-order valence-electron chi connectivity index (χ2n) is 4.87. The molecule has 0 fully saturated rings. The van der Waals surface area contributed by atoms with Crippen LogP contribution in [0.3, 0.4) is 0 Å². The summed E-state index contributed by atoms with van der Waals surface area (Å²) in [6.45, 7) is 4.13. The number of nitrogens with zero attached hydrogens (tertiary/aromatic N) is 2. The van der Waals surface area contributed by atoms with Crippen LogP contribution in [0.1, 0.15) is 41.1 Å². The molecule has 0 saturated heterocycles. The van der Waals surface area contributed by atoms with E-state index < -0.39 is 6.10 Å². The molecule has 0 spiro atoms. The molecule has 108 valence electrons. The van der Waals surface area contributed by atoms with E-state index in [0.29, 0.717) is 6.42 Å². The van der Waals surface area contributed by atoms with E-state index in [9.17, 15) is 5.11 Å². The first-order valence-corrected chi connectivity index (χ1v) is 7.55. The molecule has 1 aromatic carbocycles. The van der Waals surface area contributed by atoms with Crippen LogP contribution in [-0.2, 0) is 12.8 Å². The fourth-order valence-electron chi connectivity index (χ4n) is 2.25. The first kappa shape index (κ1) is 14.9. The predicted molar refractivity (Wildman–Crippen MR) is 80.3 cm³/mol. The average Bonchev–Trinajstić information content (AvgIpc) is 2.88. The summed E-state index contributed by atoms with van der Waals surface area (Å²) in [5.41, 5.74) is 3.08. The monoisotopic (exact) mass is 292 g/mol. The van der Waals surface area contributed by atoms with Gasteiger partial charge >= 0.3 is 0 Å². The third-order valence-electron chi connectivity index (χ3n) is 3.22. The smallest absolute Gasteiger partial charge is 0.122 e. The SMILES string of the molecule is CCCc1nnsc1C(O)Cc1cc(C)ccc1OC. The van der Waals surface area contributed by atoms with E-state index in [0.717, 1.165) is 40.3 Å². The Morgan fingerprint density at radius 1 is 1.40 bits per heavy atom. The summed E-state index contributed by atoms with van der Waals surface area (Å²) in [7, 11) is 1.65. The van der Waals surface area contributed by atoms with Crippen molar-refractivity contribution >= 4 is 11.5 Å². The summed E-state index contributed by atoms with van der Waals surface area (Å²) in [6.07, 6.45) is 1.80. The summed E-state index contributed by atoms with van der Waals surface area (Å²) in [5, 5.41) is 14.6. The zero-order valence-electron chi connectivity index (χ0n) is 12.1. The van der Waals surface area contributed by atoms with Gasteiger partial charge in [0.25, 0.3) is 0 Å². The number of aryl methyl sites for hydroxylation is 2. The maximum atomic E-state index is 10.5. The van der Waals surface area contributed by atoms with E-state index in [4.69, 9.17) is 4.74 Å². The standard InChI is InChI=1S/C15H20N2O2S/c1-4-5-12-15(20-17-16-12)13(18)9-11-8-10(2)6-7-14(11)19-3/h6-8,13,18H,4-5,9H2,1-3H3. The van der Waals surface area contributed by atoms with Crippen molar-refractivity contribution in [1.82, 2.24) is 9.59 Å². The molecule has 0 aliphatic rings. The molecule has 1 aromatic heterocycles. The van der Waals surface area contributed by atoms with Crippen LogP contribution in [0.25, 0.3) is 0 Å². The summed E-state index contributed by atoms with van der Waals surface area (Å²) < 4.78 is 9.32. The minimum Gasteiger partial charge on any atom is -0.496 e. The van der Waals surface area contributed by atoms with Crippen molar-refractivity contribution in [2.24, 2.45) is 0 Å². The number of ether oxygens (including phenoxy) is 1. The number of aromatic nitrogens is 2. The quantitative estimate of drug-likeness (QED) is 0.889. The number of methoxy groups -OCH3 is 1. The molecule has 1 N–H and O–H groups in total. The molecular weight excluding hydrogens is 272 g/mol. The third kappa shape index (κ3) is 3.35. The predicted octanol–water partition coefficient (Wildman–Crippen LogP) is 3.08. The highest BCUT2D eigenvalue weighted by Gasteiger charge is 2.18. The lowest BCUT2D eigenvalue weighted by Crippen LogP contribution is -2.05. The van der Waals surface area contributed by atoms with E-state index >= 15 is 0 Å². The normalized spacial score (nSPS) is 12.4. The van der Waals surface area contributed by atoms with Crippen LogP contribution in [-0.4, -0.2) is 21.8 Å². The van der Waals surface area contributed by atoms with E-state index in [-0.39, 0.29) is 0 Å². The fraction of sp³-hybridized carbons (Fsp3) is 0.467. The molecule has 0 radical (unpaired) electrons. The van der Waals surface area contributed by atoms with Gasteiger partial charge in [-0.05, 0) is 36.5 Å². The van der Waals surface area contributed by atoms with Crippen LogP contribution in [0.15, 0.2) is 18.2 Å². The molecule has 1 unspecified atom stereocenters. The Hall–Kier alpha value is -1.46. The molecule has 0 saturated carbocycles. The van der Waals surface area contributed by atoms with Crippen LogP contribution >= 0.6 is 11.5 Å². The minimum atomic E-state index is -0.577. The Kier molecular flexibility index (Phi) is 5.09. The number of rotatable bonds is 6. The molecule has 0 amide bonds. The minimum absolute atomic E-state index is 0.519. The molecule has 5 heteroatoms.